The van der Waals surface area contributed by atoms with Gasteiger partial charge < -0.3 is 14.6 Å². The third-order valence-corrected chi connectivity index (χ3v) is 4.68. The van der Waals surface area contributed by atoms with Crippen LogP contribution < -0.4 is 10.2 Å². The van der Waals surface area contributed by atoms with E-state index in [1.807, 2.05) is 24.3 Å². The van der Waals surface area contributed by atoms with E-state index in [-0.39, 0.29) is 17.0 Å². The number of hydrogen-bond acceptors (Lipinski definition) is 5. The molecule has 0 bridgehead atoms. The Morgan fingerprint density at radius 2 is 2.00 bits per heavy atom. The average Bonchev–Trinajstić information content (AvgIpc) is 3.42. The molecule has 0 atom stereocenters. The van der Waals surface area contributed by atoms with Gasteiger partial charge in [0.15, 0.2) is 0 Å². The van der Waals surface area contributed by atoms with Crippen molar-refractivity contribution in [3.8, 4) is 12.0 Å². The Bertz CT molecular complexity index is 990. The van der Waals surface area contributed by atoms with E-state index in [2.05, 4.69) is 21.3 Å². The van der Waals surface area contributed by atoms with Crippen LogP contribution in [0.2, 0.25) is 0 Å². The van der Waals surface area contributed by atoms with Gasteiger partial charge in [-0.15, -0.1) is 0 Å². The van der Waals surface area contributed by atoms with Gasteiger partial charge in [0.1, 0.15) is 28.8 Å². The molecule has 1 amide bonds. The van der Waals surface area contributed by atoms with Crippen LogP contribution >= 0.6 is 0 Å². The number of aromatic nitrogens is 2. The molecule has 0 radical (unpaired) electrons. The van der Waals surface area contributed by atoms with Crippen molar-refractivity contribution in [3.05, 3.63) is 59.7 Å². The highest BCUT2D eigenvalue weighted by Crippen LogP contribution is 2.26. The standard InChI is InChI=1S/C20H19N5O2/c1-14-18(16(12-21)20(27-14)25-10-4-5-11-25)19(26)23-15-6-7-17(22-13-15)24-8-2-3-9-24/h4-7,10-11,13H,2-3,8-9H2,1H3,(H,23,26). The van der Waals surface area contributed by atoms with Crippen LogP contribution in [-0.4, -0.2) is 28.5 Å². The summed E-state index contributed by atoms with van der Waals surface area (Å²) in [6, 6.07) is 9.47. The number of carbonyl (C=O) groups is 1. The van der Waals surface area contributed by atoms with Crippen LogP contribution in [0.1, 0.15) is 34.5 Å². The van der Waals surface area contributed by atoms with Crippen LogP contribution in [0.15, 0.2) is 47.3 Å². The van der Waals surface area contributed by atoms with Crippen molar-refractivity contribution in [2.75, 3.05) is 23.3 Å². The van der Waals surface area contributed by atoms with E-state index >= 15 is 0 Å². The zero-order chi connectivity index (χ0) is 18.8. The molecule has 1 fully saturated rings. The van der Waals surface area contributed by atoms with E-state index in [9.17, 15) is 10.1 Å². The first kappa shape index (κ1) is 16.9. The molecule has 0 aliphatic carbocycles. The van der Waals surface area contributed by atoms with Gasteiger partial charge in [0, 0.05) is 25.5 Å². The summed E-state index contributed by atoms with van der Waals surface area (Å²) in [7, 11) is 0. The van der Waals surface area contributed by atoms with Crippen LogP contribution in [0.5, 0.6) is 0 Å². The van der Waals surface area contributed by atoms with Crippen molar-refractivity contribution >= 4 is 17.4 Å². The molecule has 1 aliphatic rings. The minimum Gasteiger partial charge on any atom is -0.443 e. The highest BCUT2D eigenvalue weighted by molar-refractivity contribution is 6.07. The average molecular weight is 361 g/mol. The summed E-state index contributed by atoms with van der Waals surface area (Å²) >= 11 is 0. The van der Waals surface area contributed by atoms with Crippen LogP contribution in [0.25, 0.3) is 5.88 Å². The quantitative estimate of drug-likeness (QED) is 0.768. The Kier molecular flexibility index (Phi) is 4.38. The summed E-state index contributed by atoms with van der Waals surface area (Å²) in [5, 5.41) is 12.4. The van der Waals surface area contributed by atoms with Crippen LogP contribution in [0.4, 0.5) is 11.5 Å². The highest BCUT2D eigenvalue weighted by atomic mass is 16.4. The molecule has 3 aromatic heterocycles. The minimum absolute atomic E-state index is 0.211. The van der Waals surface area contributed by atoms with Gasteiger partial charge in [0.2, 0.25) is 5.88 Å². The topological polar surface area (TPSA) is 87.1 Å². The molecule has 7 nitrogen and oxygen atoms in total. The SMILES string of the molecule is Cc1oc(-n2cccc2)c(C#N)c1C(=O)Nc1ccc(N2CCCC2)nc1. The van der Waals surface area contributed by atoms with Crippen molar-refractivity contribution in [2.45, 2.75) is 19.8 Å². The van der Waals surface area contributed by atoms with Crippen LogP contribution in [0, 0.1) is 18.3 Å². The number of pyridine rings is 1. The van der Waals surface area contributed by atoms with E-state index in [1.54, 1.807) is 30.1 Å². The number of nitrogens with one attached hydrogen (secondary N) is 1. The van der Waals surface area contributed by atoms with Gasteiger partial charge in [-0.05, 0) is 44.0 Å². The molecule has 7 heteroatoms. The lowest BCUT2D eigenvalue weighted by molar-refractivity contribution is 0.102. The fourth-order valence-corrected chi connectivity index (χ4v) is 3.35. The van der Waals surface area contributed by atoms with Crippen LogP contribution in [-0.2, 0) is 0 Å². The number of hydrogen-bond donors (Lipinski definition) is 1. The van der Waals surface area contributed by atoms with E-state index in [1.165, 1.54) is 12.8 Å². The van der Waals surface area contributed by atoms with Gasteiger partial charge >= 0.3 is 0 Å². The first-order valence-electron chi connectivity index (χ1n) is 8.86. The molecule has 3 aromatic rings. The lowest BCUT2D eigenvalue weighted by atomic mass is 10.1. The molecular formula is C20H19N5O2. The van der Waals surface area contributed by atoms with Crippen molar-refractivity contribution < 1.29 is 9.21 Å². The number of amides is 1. The molecule has 27 heavy (non-hydrogen) atoms. The Hall–Kier alpha value is -3.53. The summed E-state index contributed by atoms with van der Waals surface area (Å²) in [6.45, 7) is 3.71. The summed E-state index contributed by atoms with van der Waals surface area (Å²) in [5.41, 5.74) is 1.03. The van der Waals surface area contributed by atoms with Crippen molar-refractivity contribution in [1.29, 1.82) is 5.26 Å². The fourth-order valence-electron chi connectivity index (χ4n) is 3.35. The predicted molar refractivity (Wildman–Crippen MR) is 101 cm³/mol. The van der Waals surface area contributed by atoms with Gasteiger partial charge in [0.25, 0.3) is 5.91 Å². The number of carbonyl (C=O) groups excluding carboxylic acids is 1. The van der Waals surface area contributed by atoms with Gasteiger partial charge in [-0.3, -0.25) is 9.36 Å². The lowest BCUT2D eigenvalue weighted by Gasteiger charge is -2.16. The molecule has 136 valence electrons. The maximum Gasteiger partial charge on any atom is 0.260 e. The van der Waals surface area contributed by atoms with E-state index in [0.29, 0.717) is 17.3 Å². The van der Waals surface area contributed by atoms with Crippen molar-refractivity contribution in [3.63, 3.8) is 0 Å². The number of rotatable bonds is 4. The number of furan rings is 1. The largest absolute Gasteiger partial charge is 0.443 e. The maximum atomic E-state index is 12.8. The molecule has 1 N–H and O–H groups in total. The Morgan fingerprint density at radius 1 is 1.26 bits per heavy atom. The monoisotopic (exact) mass is 361 g/mol. The fraction of sp³-hybridized carbons (Fsp3) is 0.250. The van der Waals surface area contributed by atoms with E-state index < -0.39 is 0 Å². The van der Waals surface area contributed by atoms with Crippen LogP contribution in [0.3, 0.4) is 0 Å². The second-order valence-electron chi connectivity index (χ2n) is 6.47. The van der Waals surface area contributed by atoms with E-state index in [0.717, 1.165) is 18.9 Å². The Labute approximate surface area is 156 Å². The molecule has 1 aliphatic heterocycles. The molecule has 0 spiro atoms. The molecule has 1 saturated heterocycles. The van der Waals surface area contributed by atoms with Gasteiger partial charge in [-0.2, -0.15) is 5.26 Å². The first-order chi connectivity index (χ1) is 13.2. The predicted octanol–water partition coefficient (Wildman–Crippen LogP) is 3.50. The lowest BCUT2D eigenvalue weighted by Crippen LogP contribution is -2.19. The molecular weight excluding hydrogens is 342 g/mol. The molecule has 4 heterocycles. The minimum atomic E-state index is -0.387. The maximum absolute atomic E-state index is 12.8. The second kappa shape index (κ2) is 7.00. The molecule has 4 rings (SSSR count). The van der Waals surface area contributed by atoms with Gasteiger partial charge in [-0.25, -0.2) is 4.98 Å². The summed E-state index contributed by atoms with van der Waals surface area (Å²) in [4.78, 5) is 19.4. The number of aryl methyl sites for hydroxylation is 1. The molecule has 0 unspecified atom stereocenters. The summed E-state index contributed by atoms with van der Waals surface area (Å²) in [5.74, 6) is 1.27. The highest BCUT2D eigenvalue weighted by Gasteiger charge is 2.24. The molecule has 0 aromatic carbocycles. The number of nitriles is 1. The number of nitrogens with zero attached hydrogens (tertiary/aromatic N) is 4. The Morgan fingerprint density at radius 3 is 2.63 bits per heavy atom. The first-order valence-corrected chi connectivity index (χ1v) is 8.86. The summed E-state index contributed by atoms with van der Waals surface area (Å²) < 4.78 is 7.36. The van der Waals surface area contributed by atoms with Crippen molar-refractivity contribution in [2.24, 2.45) is 0 Å². The normalized spacial score (nSPS) is 13.6. The molecule has 0 saturated carbocycles. The van der Waals surface area contributed by atoms with Gasteiger partial charge in [0.05, 0.1) is 11.9 Å². The number of anilines is 2. The van der Waals surface area contributed by atoms with E-state index in [4.69, 9.17) is 4.42 Å². The third-order valence-electron chi connectivity index (χ3n) is 4.68. The zero-order valence-corrected chi connectivity index (χ0v) is 15.0. The van der Waals surface area contributed by atoms with Crippen molar-refractivity contribution in [1.82, 2.24) is 9.55 Å². The zero-order valence-electron chi connectivity index (χ0n) is 15.0. The Balaban J connectivity index is 1.57. The third kappa shape index (κ3) is 3.17. The second-order valence-corrected chi connectivity index (χ2v) is 6.47. The summed E-state index contributed by atoms with van der Waals surface area (Å²) in [6.07, 6.45) is 7.53. The smallest absolute Gasteiger partial charge is 0.260 e. The van der Waals surface area contributed by atoms with Gasteiger partial charge in [-0.1, -0.05) is 0 Å².